The molecule has 0 fully saturated rings. The van der Waals surface area contributed by atoms with Gasteiger partial charge >= 0.3 is 0 Å². The monoisotopic (exact) mass is 464 g/mol. The Morgan fingerprint density at radius 3 is 2.71 bits per heavy atom. The van der Waals surface area contributed by atoms with Crippen LogP contribution in [0.15, 0.2) is 61.4 Å². The third kappa shape index (κ3) is 5.65. The van der Waals surface area contributed by atoms with Gasteiger partial charge in [0.1, 0.15) is 12.4 Å². The van der Waals surface area contributed by atoms with E-state index >= 15 is 0 Å². The molecule has 0 aliphatic rings. The van der Waals surface area contributed by atoms with E-state index in [-0.39, 0.29) is 24.2 Å². The molecular weight excluding hydrogens is 439 g/mol. The predicted octanol–water partition coefficient (Wildman–Crippen LogP) is 2.83. The summed E-state index contributed by atoms with van der Waals surface area (Å²) in [5, 5.41) is 5.68. The molecule has 0 saturated carbocycles. The van der Waals surface area contributed by atoms with E-state index < -0.39 is 0 Å². The zero-order valence-electron chi connectivity index (χ0n) is 18.7. The minimum absolute atomic E-state index is 0.104. The first-order valence-corrected chi connectivity index (χ1v) is 10.8. The van der Waals surface area contributed by atoms with Gasteiger partial charge in [-0.15, -0.1) is 0 Å². The molecule has 4 aromatic rings. The Bertz CT molecular complexity index is 1270. The Balaban J connectivity index is 1.59. The highest BCUT2D eigenvalue weighted by atomic mass is 19.1. The zero-order chi connectivity index (χ0) is 23.9. The molecule has 0 spiro atoms. The molecular formula is C24H25FN6O3. The number of carbonyl (C=O) groups is 2. The van der Waals surface area contributed by atoms with E-state index in [1.165, 1.54) is 19.2 Å². The Labute approximate surface area is 195 Å². The molecule has 2 aromatic carbocycles. The summed E-state index contributed by atoms with van der Waals surface area (Å²) in [4.78, 5) is 33.6. The number of hydrogen-bond donors (Lipinski definition) is 2. The largest absolute Gasteiger partial charge is 0.375 e. The van der Waals surface area contributed by atoms with E-state index in [4.69, 9.17) is 4.74 Å². The van der Waals surface area contributed by atoms with Gasteiger partial charge in [-0.05, 0) is 36.2 Å². The lowest BCUT2D eigenvalue weighted by molar-refractivity contribution is -0.119. The van der Waals surface area contributed by atoms with Gasteiger partial charge in [0.2, 0.25) is 5.91 Å². The minimum Gasteiger partial charge on any atom is -0.375 e. The SMILES string of the molecule is COCC(=O)Nc1cc(C(=O)NCCCn2ccnc2)c2c(c1)ncn2Cc1ccc(F)cc1. The van der Waals surface area contributed by atoms with Crippen molar-refractivity contribution >= 4 is 28.5 Å². The number of benzene rings is 2. The highest BCUT2D eigenvalue weighted by molar-refractivity contribution is 6.07. The second-order valence-corrected chi connectivity index (χ2v) is 7.78. The quantitative estimate of drug-likeness (QED) is 0.352. The Kier molecular flexibility index (Phi) is 7.28. The maximum atomic E-state index is 13.3. The molecule has 0 unspecified atom stereocenters. The van der Waals surface area contributed by atoms with E-state index in [9.17, 15) is 14.0 Å². The molecule has 2 N–H and O–H groups in total. The van der Waals surface area contributed by atoms with Crippen molar-refractivity contribution in [3.63, 3.8) is 0 Å². The number of ether oxygens (including phenoxy) is 1. The fraction of sp³-hybridized carbons (Fsp3) is 0.250. The number of imidazole rings is 2. The number of aromatic nitrogens is 4. The molecule has 0 saturated heterocycles. The second-order valence-electron chi connectivity index (χ2n) is 7.78. The number of halogens is 1. The first-order chi connectivity index (χ1) is 16.5. The van der Waals surface area contributed by atoms with Crippen molar-refractivity contribution in [3.8, 4) is 0 Å². The molecule has 2 amide bonds. The molecule has 4 rings (SSSR count). The highest BCUT2D eigenvalue weighted by Gasteiger charge is 2.17. The van der Waals surface area contributed by atoms with Crippen LogP contribution < -0.4 is 10.6 Å². The van der Waals surface area contributed by atoms with Crippen LogP contribution in [0.4, 0.5) is 10.1 Å². The van der Waals surface area contributed by atoms with E-state index in [2.05, 4.69) is 20.6 Å². The summed E-state index contributed by atoms with van der Waals surface area (Å²) in [7, 11) is 1.43. The molecule has 10 heteroatoms. The molecule has 0 aliphatic heterocycles. The lowest BCUT2D eigenvalue weighted by Gasteiger charge is -2.13. The molecule has 34 heavy (non-hydrogen) atoms. The average Bonchev–Trinajstić information content (AvgIpc) is 3.48. The first kappa shape index (κ1) is 23.1. The van der Waals surface area contributed by atoms with Gasteiger partial charge in [-0.2, -0.15) is 0 Å². The van der Waals surface area contributed by atoms with Crippen molar-refractivity contribution in [2.75, 3.05) is 25.6 Å². The summed E-state index contributed by atoms with van der Waals surface area (Å²) in [6, 6.07) is 9.51. The van der Waals surface area contributed by atoms with Gasteiger partial charge in [0.25, 0.3) is 5.91 Å². The van der Waals surface area contributed by atoms with Crippen LogP contribution in [-0.4, -0.2) is 51.2 Å². The maximum Gasteiger partial charge on any atom is 0.253 e. The normalized spacial score (nSPS) is 11.0. The number of amides is 2. The fourth-order valence-electron chi connectivity index (χ4n) is 3.67. The number of aryl methyl sites for hydroxylation is 1. The second kappa shape index (κ2) is 10.7. The Morgan fingerprint density at radius 1 is 1.15 bits per heavy atom. The summed E-state index contributed by atoms with van der Waals surface area (Å²) in [6.07, 6.45) is 7.66. The van der Waals surface area contributed by atoms with E-state index in [0.717, 1.165) is 18.5 Å². The van der Waals surface area contributed by atoms with Crippen molar-refractivity contribution in [2.24, 2.45) is 0 Å². The number of fused-ring (bicyclic) bond motifs is 1. The van der Waals surface area contributed by atoms with Gasteiger partial charge in [0.05, 0.1) is 29.3 Å². The van der Waals surface area contributed by atoms with E-state index in [0.29, 0.717) is 35.4 Å². The number of nitrogens with zero attached hydrogens (tertiary/aromatic N) is 4. The molecule has 0 bridgehead atoms. The summed E-state index contributed by atoms with van der Waals surface area (Å²) in [6.45, 7) is 1.50. The zero-order valence-corrected chi connectivity index (χ0v) is 18.7. The summed E-state index contributed by atoms with van der Waals surface area (Å²) >= 11 is 0. The Hall–Kier alpha value is -4.05. The van der Waals surface area contributed by atoms with Gasteiger partial charge in [-0.3, -0.25) is 9.59 Å². The third-order valence-electron chi connectivity index (χ3n) is 5.22. The molecule has 2 heterocycles. The number of nitrogens with one attached hydrogen (secondary N) is 2. The molecule has 0 atom stereocenters. The van der Waals surface area contributed by atoms with Crippen LogP contribution in [0.3, 0.4) is 0 Å². The summed E-state index contributed by atoms with van der Waals surface area (Å²) in [5.41, 5.74) is 2.88. The van der Waals surface area contributed by atoms with Gasteiger partial charge in [-0.1, -0.05) is 12.1 Å². The summed E-state index contributed by atoms with van der Waals surface area (Å²) in [5.74, 6) is -0.926. The van der Waals surface area contributed by atoms with Crippen LogP contribution in [-0.2, 0) is 22.6 Å². The van der Waals surface area contributed by atoms with E-state index in [1.807, 2.05) is 15.3 Å². The average molecular weight is 465 g/mol. The van der Waals surface area contributed by atoms with Crippen LogP contribution in [0.1, 0.15) is 22.3 Å². The third-order valence-corrected chi connectivity index (χ3v) is 5.22. The molecule has 2 aromatic heterocycles. The van der Waals surface area contributed by atoms with Crippen LogP contribution in [0.5, 0.6) is 0 Å². The number of hydrogen-bond acceptors (Lipinski definition) is 5. The number of carbonyl (C=O) groups excluding carboxylic acids is 2. The topological polar surface area (TPSA) is 103 Å². The number of anilines is 1. The van der Waals surface area contributed by atoms with Crippen molar-refractivity contribution in [1.82, 2.24) is 24.4 Å². The smallest absolute Gasteiger partial charge is 0.253 e. The van der Waals surface area contributed by atoms with Gasteiger partial charge < -0.3 is 24.5 Å². The van der Waals surface area contributed by atoms with Crippen molar-refractivity contribution in [1.29, 1.82) is 0 Å². The minimum atomic E-state index is -0.334. The Morgan fingerprint density at radius 2 is 1.97 bits per heavy atom. The van der Waals surface area contributed by atoms with Crippen molar-refractivity contribution in [3.05, 3.63) is 78.4 Å². The fourth-order valence-corrected chi connectivity index (χ4v) is 3.67. The van der Waals surface area contributed by atoms with Crippen LogP contribution >= 0.6 is 0 Å². The molecule has 9 nitrogen and oxygen atoms in total. The lowest BCUT2D eigenvalue weighted by atomic mass is 10.1. The van der Waals surface area contributed by atoms with Crippen molar-refractivity contribution < 1.29 is 18.7 Å². The highest BCUT2D eigenvalue weighted by Crippen LogP contribution is 2.25. The number of methoxy groups -OCH3 is 1. The molecule has 0 aliphatic carbocycles. The first-order valence-electron chi connectivity index (χ1n) is 10.8. The van der Waals surface area contributed by atoms with Crippen LogP contribution in [0.2, 0.25) is 0 Å². The van der Waals surface area contributed by atoms with Crippen LogP contribution in [0.25, 0.3) is 11.0 Å². The predicted molar refractivity (Wildman–Crippen MR) is 125 cm³/mol. The number of rotatable bonds is 10. The van der Waals surface area contributed by atoms with Gasteiger partial charge in [-0.25, -0.2) is 14.4 Å². The van der Waals surface area contributed by atoms with Gasteiger partial charge in [0, 0.05) is 44.8 Å². The molecule has 0 radical (unpaired) electrons. The molecule has 176 valence electrons. The summed E-state index contributed by atoms with van der Waals surface area (Å²) < 4.78 is 22.0. The van der Waals surface area contributed by atoms with Crippen molar-refractivity contribution in [2.45, 2.75) is 19.5 Å². The maximum absolute atomic E-state index is 13.3. The van der Waals surface area contributed by atoms with E-state index in [1.54, 1.807) is 43.1 Å². The van der Waals surface area contributed by atoms with Crippen LogP contribution in [0, 0.1) is 5.82 Å². The lowest BCUT2D eigenvalue weighted by Crippen LogP contribution is -2.26. The van der Waals surface area contributed by atoms with Gasteiger partial charge in [0.15, 0.2) is 0 Å². The standard InChI is InChI=1S/C24H25FN6O3/c1-34-14-22(32)29-19-11-20(24(33)27-7-2-9-30-10-8-26-15-30)23-21(12-19)28-16-31(23)13-17-3-5-18(25)6-4-17/h3-6,8,10-12,15-16H,2,7,9,13-14H2,1H3,(H,27,33)(H,29,32).